The third kappa shape index (κ3) is 6.03. The molecule has 0 saturated heterocycles. The molecule has 1 amide bonds. The van der Waals surface area contributed by atoms with Crippen LogP contribution >= 0.6 is 0 Å². The number of carboxylic acids is 1. The van der Waals surface area contributed by atoms with E-state index in [1.54, 1.807) is 30.3 Å². The standard InChI is InChI=1S/C27H23F3N4O3/c1-26(2,3)31-24(35)18-6-4-16(5-7-18)19-12-20(25(36)37)14-22(13-19)34-15-23(32-33-34)17-8-10-21(11-9-17)27(28,29)30/h4-15H,1-3H3,(H,31,35)(H,36,37). The van der Waals surface area contributed by atoms with Crippen LogP contribution in [0, 0.1) is 0 Å². The van der Waals surface area contributed by atoms with Gasteiger partial charge in [0.25, 0.3) is 5.91 Å². The fraction of sp³-hybridized carbons (Fsp3) is 0.185. The molecular formula is C27H23F3N4O3. The number of nitrogens with one attached hydrogen (secondary N) is 1. The molecule has 10 heteroatoms. The van der Waals surface area contributed by atoms with Crippen molar-refractivity contribution in [1.82, 2.24) is 20.3 Å². The smallest absolute Gasteiger partial charge is 0.416 e. The zero-order valence-corrected chi connectivity index (χ0v) is 20.2. The van der Waals surface area contributed by atoms with Gasteiger partial charge in [-0.3, -0.25) is 4.79 Å². The lowest BCUT2D eigenvalue weighted by atomic mass is 10.00. The van der Waals surface area contributed by atoms with Crippen LogP contribution in [0.5, 0.6) is 0 Å². The van der Waals surface area contributed by atoms with Gasteiger partial charge in [0.05, 0.1) is 23.0 Å². The minimum absolute atomic E-state index is 0.00799. The van der Waals surface area contributed by atoms with Crippen LogP contribution in [-0.4, -0.2) is 37.5 Å². The molecule has 0 bridgehead atoms. The highest BCUT2D eigenvalue weighted by atomic mass is 19.4. The normalized spacial score (nSPS) is 11.8. The maximum Gasteiger partial charge on any atom is 0.416 e. The molecule has 1 aromatic heterocycles. The lowest BCUT2D eigenvalue weighted by Gasteiger charge is -2.20. The monoisotopic (exact) mass is 508 g/mol. The Kier molecular flexibility index (Phi) is 6.60. The van der Waals surface area contributed by atoms with E-state index in [4.69, 9.17) is 0 Å². The predicted molar refractivity (Wildman–Crippen MR) is 131 cm³/mol. The molecule has 190 valence electrons. The fourth-order valence-corrected chi connectivity index (χ4v) is 3.61. The van der Waals surface area contributed by atoms with Crippen molar-refractivity contribution in [2.24, 2.45) is 0 Å². The van der Waals surface area contributed by atoms with Crippen LogP contribution in [0.1, 0.15) is 47.1 Å². The first-order valence-corrected chi connectivity index (χ1v) is 11.2. The van der Waals surface area contributed by atoms with E-state index in [0.29, 0.717) is 33.6 Å². The van der Waals surface area contributed by atoms with Gasteiger partial charge in [0.2, 0.25) is 0 Å². The van der Waals surface area contributed by atoms with Crippen molar-refractivity contribution in [2.45, 2.75) is 32.5 Å². The SMILES string of the molecule is CC(C)(C)NC(=O)c1ccc(-c2cc(C(=O)O)cc(-n3cc(-c4ccc(C(F)(F)F)cc4)nn3)c2)cc1. The largest absolute Gasteiger partial charge is 0.478 e. The third-order valence-electron chi connectivity index (χ3n) is 5.40. The van der Waals surface area contributed by atoms with Crippen molar-refractivity contribution < 1.29 is 27.9 Å². The topological polar surface area (TPSA) is 97.1 Å². The van der Waals surface area contributed by atoms with E-state index < -0.39 is 23.2 Å². The van der Waals surface area contributed by atoms with Crippen LogP contribution in [0.25, 0.3) is 28.1 Å². The Morgan fingerprint density at radius 2 is 1.46 bits per heavy atom. The molecule has 0 unspecified atom stereocenters. The minimum Gasteiger partial charge on any atom is -0.478 e. The van der Waals surface area contributed by atoms with Gasteiger partial charge >= 0.3 is 12.1 Å². The van der Waals surface area contributed by atoms with E-state index in [2.05, 4.69) is 15.6 Å². The number of halogens is 3. The second kappa shape index (κ2) is 9.53. The molecule has 3 aromatic carbocycles. The molecule has 0 spiro atoms. The zero-order valence-electron chi connectivity index (χ0n) is 20.2. The summed E-state index contributed by atoms with van der Waals surface area (Å²) in [5.41, 5.74) is 1.71. The van der Waals surface area contributed by atoms with E-state index in [0.717, 1.165) is 12.1 Å². The Hall–Kier alpha value is -4.47. The quantitative estimate of drug-likeness (QED) is 0.353. The lowest BCUT2D eigenvalue weighted by molar-refractivity contribution is -0.137. The van der Waals surface area contributed by atoms with Gasteiger partial charge in [-0.2, -0.15) is 13.2 Å². The van der Waals surface area contributed by atoms with Crippen LogP contribution in [0.15, 0.2) is 72.9 Å². The Labute approximate surface area is 210 Å². The van der Waals surface area contributed by atoms with Gasteiger partial charge < -0.3 is 10.4 Å². The molecule has 0 fully saturated rings. The predicted octanol–water partition coefficient (Wildman–Crippen LogP) is 5.85. The Bertz CT molecular complexity index is 1450. The van der Waals surface area contributed by atoms with Gasteiger partial charge in [0.1, 0.15) is 5.69 Å². The Morgan fingerprint density at radius 3 is 2.03 bits per heavy atom. The molecule has 0 aliphatic heterocycles. The number of carboxylic acid groups (broad SMARTS) is 1. The van der Waals surface area contributed by atoms with Crippen LogP contribution < -0.4 is 5.32 Å². The molecule has 0 atom stereocenters. The molecule has 2 N–H and O–H groups in total. The average Bonchev–Trinajstić information content (AvgIpc) is 3.33. The molecular weight excluding hydrogens is 485 g/mol. The highest BCUT2D eigenvalue weighted by Crippen LogP contribution is 2.31. The van der Waals surface area contributed by atoms with Crippen molar-refractivity contribution in [3.63, 3.8) is 0 Å². The molecule has 7 nitrogen and oxygen atoms in total. The Balaban J connectivity index is 1.66. The zero-order chi connectivity index (χ0) is 27.0. The van der Waals surface area contributed by atoms with E-state index >= 15 is 0 Å². The van der Waals surface area contributed by atoms with E-state index in [9.17, 15) is 27.9 Å². The van der Waals surface area contributed by atoms with Gasteiger partial charge in [0, 0.05) is 16.7 Å². The maximum absolute atomic E-state index is 12.9. The summed E-state index contributed by atoms with van der Waals surface area (Å²) < 4.78 is 39.9. The van der Waals surface area contributed by atoms with Crippen molar-refractivity contribution in [1.29, 1.82) is 0 Å². The molecule has 37 heavy (non-hydrogen) atoms. The second-order valence-electron chi connectivity index (χ2n) is 9.48. The molecule has 4 rings (SSSR count). The minimum atomic E-state index is -4.45. The first kappa shape index (κ1) is 25.6. The number of aromatic nitrogens is 3. The van der Waals surface area contributed by atoms with Crippen LogP contribution in [0.2, 0.25) is 0 Å². The van der Waals surface area contributed by atoms with Crippen LogP contribution in [0.4, 0.5) is 13.2 Å². The fourth-order valence-electron chi connectivity index (χ4n) is 3.61. The number of carbonyl (C=O) groups is 2. The highest BCUT2D eigenvalue weighted by Gasteiger charge is 2.30. The number of rotatable bonds is 5. The molecule has 4 aromatic rings. The van der Waals surface area contributed by atoms with Gasteiger partial charge in [-0.25, -0.2) is 9.48 Å². The van der Waals surface area contributed by atoms with Gasteiger partial charge in [-0.15, -0.1) is 5.10 Å². The maximum atomic E-state index is 12.9. The number of nitrogens with zero attached hydrogens (tertiary/aromatic N) is 3. The van der Waals surface area contributed by atoms with Crippen molar-refractivity contribution in [3.8, 4) is 28.1 Å². The molecule has 0 aliphatic carbocycles. The number of carbonyl (C=O) groups excluding carboxylic acids is 1. The molecule has 0 radical (unpaired) electrons. The summed E-state index contributed by atoms with van der Waals surface area (Å²) in [5.74, 6) is -1.37. The summed E-state index contributed by atoms with van der Waals surface area (Å²) in [4.78, 5) is 24.2. The van der Waals surface area contributed by atoms with Crippen molar-refractivity contribution in [3.05, 3.63) is 89.6 Å². The molecule has 1 heterocycles. The summed E-state index contributed by atoms with van der Waals surface area (Å²) in [7, 11) is 0. The van der Waals surface area contributed by atoms with Crippen molar-refractivity contribution >= 4 is 11.9 Å². The lowest BCUT2D eigenvalue weighted by Crippen LogP contribution is -2.40. The molecule has 0 aliphatic rings. The first-order chi connectivity index (χ1) is 17.3. The van der Waals surface area contributed by atoms with Gasteiger partial charge in [-0.05, 0) is 74.4 Å². The van der Waals surface area contributed by atoms with Gasteiger partial charge in [-0.1, -0.05) is 29.5 Å². The van der Waals surface area contributed by atoms with Crippen LogP contribution in [0.3, 0.4) is 0 Å². The van der Waals surface area contributed by atoms with Crippen molar-refractivity contribution in [2.75, 3.05) is 0 Å². The summed E-state index contributed by atoms with van der Waals surface area (Å²) in [5, 5.41) is 20.6. The highest BCUT2D eigenvalue weighted by molar-refractivity contribution is 5.95. The first-order valence-electron chi connectivity index (χ1n) is 11.2. The number of amides is 1. The van der Waals surface area contributed by atoms with Crippen LogP contribution in [-0.2, 0) is 6.18 Å². The number of benzene rings is 3. The van der Waals surface area contributed by atoms with E-state index in [1.165, 1.54) is 35.1 Å². The van der Waals surface area contributed by atoms with Gasteiger partial charge in [0.15, 0.2) is 0 Å². The summed E-state index contributed by atoms with van der Waals surface area (Å²) in [6.45, 7) is 5.64. The average molecular weight is 509 g/mol. The number of hydrogen-bond donors (Lipinski definition) is 2. The van der Waals surface area contributed by atoms with E-state index in [-0.39, 0.29) is 11.5 Å². The molecule has 0 saturated carbocycles. The summed E-state index contributed by atoms with van der Waals surface area (Å²) >= 11 is 0. The number of alkyl halides is 3. The summed E-state index contributed by atoms with van der Waals surface area (Å²) in [6.07, 6.45) is -2.94. The summed E-state index contributed by atoms with van der Waals surface area (Å²) in [6, 6.07) is 15.9. The third-order valence-corrected chi connectivity index (χ3v) is 5.40. The number of aromatic carboxylic acids is 1. The van der Waals surface area contributed by atoms with E-state index in [1.807, 2.05) is 20.8 Å². The Morgan fingerprint density at radius 1 is 0.838 bits per heavy atom. The number of hydrogen-bond acceptors (Lipinski definition) is 4. The second-order valence-corrected chi connectivity index (χ2v) is 9.48.